The monoisotopic (exact) mass is 216 g/mol. The predicted octanol–water partition coefficient (Wildman–Crippen LogP) is 2.21. The molecule has 2 rings (SSSR count). The molecule has 0 amide bonds. The minimum Gasteiger partial charge on any atom is -0.507 e. The Kier molecular flexibility index (Phi) is 2.48. The van der Waals surface area contributed by atoms with Gasteiger partial charge in [-0.3, -0.25) is 4.79 Å². The van der Waals surface area contributed by atoms with Crippen LogP contribution in [-0.4, -0.2) is 20.3 Å². The predicted molar refractivity (Wildman–Crippen MR) is 61.1 cm³/mol. The number of aliphatic hydroxyl groups excluding tert-OH is 1. The maximum atomic E-state index is 11.1. The summed E-state index contributed by atoms with van der Waals surface area (Å²) in [5.41, 5.74) is 1.70. The van der Waals surface area contributed by atoms with Crippen molar-refractivity contribution in [2.75, 3.05) is 0 Å². The van der Waals surface area contributed by atoms with Gasteiger partial charge in [0.1, 0.15) is 11.4 Å². The van der Waals surface area contributed by atoms with E-state index in [0.717, 1.165) is 5.65 Å². The molecule has 0 aromatic carbocycles. The van der Waals surface area contributed by atoms with Crippen LogP contribution < -0.4 is 0 Å². The Bertz CT molecular complexity index is 581. The molecule has 4 heteroatoms. The van der Waals surface area contributed by atoms with E-state index in [9.17, 15) is 9.90 Å². The van der Waals surface area contributed by atoms with Gasteiger partial charge in [-0.15, -0.1) is 0 Å². The number of carbonyl (C=O) groups is 1. The fraction of sp³-hybridized carbons (Fsp3) is 0.167. The molecule has 2 heterocycles. The van der Waals surface area contributed by atoms with Gasteiger partial charge in [-0.25, -0.2) is 4.98 Å². The second kappa shape index (κ2) is 3.81. The summed E-state index contributed by atoms with van der Waals surface area (Å²) >= 11 is 0. The third-order valence-electron chi connectivity index (χ3n) is 2.55. The van der Waals surface area contributed by atoms with Crippen LogP contribution in [0.25, 0.3) is 11.4 Å². The van der Waals surface area contributed by atoms with Gasteiger partial charge in [0.05, 0.1) is 0 Å². The van der Waals surface area contributed by atoms with Crippen LogP contribution in [0.4, 0.5) is 0 Å². The summed E-state index contributed by atoms with van der Waals surface area (Å²) in [7, 11) is 0. The molecule has 2 aromatic heterocycles. The SMILES string of the molecule is CC(=O)/C(C)=C(\O)c1ccn2ccnc2c1. The van der Waals surface area contributed by atoms with Crippen LogP contribution in [0.15, 0.2) is 36.3 Å². The Morgan fingerprint density at radius 2 is 2.12 bits per heavy atom. The van der Waals surface area contributed by atoms with Gasteiger partial charge in [0.15, 0.2) is 5.78 Å². The van der Waals surface area contributed by atoms with Crippen molar-refractivity contribution >= 4 is 17.2 Å². The zero-order chi connectivity index (χ0) is 11.7. The van der Waals surface area contributed by atoms with E-state index in [-0.39, 0.29) is 11.5 Å². The number of Topliss-reactive ketones (excluding diaryl/α,β-unsaturated/α-hetero) is 1. The van der Waals surface area contributed by atoms with Crippen molar-refractivity contribution in [1.29, 1.82) is 0 Å². The fourth-order valence-corrected chi connectivity index (χ4v) is 1.44. The van der Waals surface area contributed by atoms with Crippen LogP contribution in [0.5, 0.6) is 0 Å². The van der Waals surface area contributed by atoms with Crippen LogP contribution in [0.2, 0.25) is 0 Å². The lowest BCUT2D eigenvalue weighted by molar-refractivity contribution is -0.113. The van der Waals surface area contributed by atoms with E-state index >= 15 is 0 Å². The topological polar surface area (TPSA) is 54.6 Å². The van der Waals surface area contributed by atoms with Crippen LogP contribution in [0.1, 0.15) is 19.4 Å². The van der Waals surface area contributed by atoms with Crippen LogP contribution in [0.3, 0.4) is 0 Å². The standard InChI is InChI=1S/C12H12N2O2/c1-8(9(2)15)12(16)10-3-5-14-6-4-13-11(14)7-10/h3-7,16H,1-2H3/b12-8-. The van der Waals surface area contributed by atoms with Crippen LogP contribution in [-0.2, 0) is 4.79 Å². The molecule has 0 radical (unpaired) electrons. The van der Waals surface area contributed by atoms with Crippen molar-refractivity contribution in [1.82, 2.24) is 9.38 Å². The highest BCUT2D eigenvalue weighted by Crippen LogP contribution is 2.17. The second-order valence-electron chi connectivity index (χ2n) is 3.64. The molecule has 0 atom stereocenters. The van der Waals surface area contributed by atoms with E-state index in [1.165, 1.54) is 6.92 Å². The maximum absolute atomic E-state index is 11.1. The van der Waals surface area contributed by atoms with E-state index in [0.29, 0.717) is 11.1 Å². The number of imidazole rings is 1. The first-order valence-electron chi connectivity index (χ1n) is 4.93. The number of hydrogen-bond donors (Lipinski definition) is 1. The van der Waals surface area contributed by atoms with Gasteiger partial charge >= 0.3 is 0 Å². The fourth-order valence-electron chi connectivity index (χ4n) is 1.44. The number of pyridine rings is 1. The molecule has 0 aliphatic carbocycles. The molecular formula is C12H12N2O2. The van der Waals surface area contributed by atoms with Gasteiger partial charge in [0, 0.05) is 29.7 Å². The molecular weight excluding hydrogens is 204 g/mol. The summed E-state index contributed by atoms with van der Waals surface area (Å²) in [5, 5.41) is 9.88. The average molecular weight is 216 g/mol. The number of nitrogens with zero attached hydrogens (tertiary/aromatic N) is 2. The summed E-state index contributed by atoms with van der Waals surface area (Å²) in [4.78, 5) is 15.2. The molecule has 0 spiro atoms. The number of fused-ring (bicyclic) bond motifs is 1. The molecule has 82 valence electrons. The first-order valence-corrected chi connectivity index (χ1v) is 4.93. The third kappa shape index (κ3) is 1.69. The molecule has 16 heavy (non-hydrogen) atoms. The normalized spacial score (nSPS) is 12.6. The molecule has 0 unspecified atom stereocenters. The van der Waals surface area contributed by atoms with Crippen molar-refractivity contribution in [3.63, 3.8) is 0 Å². The highest BCUT2D eigenvalue weighted by molar-refractivity contribution is 5.99. The first kappa shape index (κ1) is 10.4. The molecule has 2 aromatic rings. The van der Waals surface area contributed by atoms with Crippen LogP contribution >= 0.6 is 0 Å². The summed E-state index contributed by atoms with van der Waals surface area (Å²) < 4.78 is 1.83. The van der Waals surface area contributed by atoms with Crippen LogP contribution in [0, 0.1) is 0 Å². The number of ketones is 1. The number of aliphatic hydroxyl groups is 1. The number of rotatable bonds is 2. The van der Waals surface area contributed by atoms with Gasteiger partial charge in [-0.1, -0.05) is 0 Å². The molecule has 0 aliphatic heterocycles. The average Bonchev–Trinajstić information content (AvgIpc) is 2.73. The molecule has 0 aliphatic rings. The highest BCUT2D eigenvalue weighted by Gasteiger charge is 2.08. The van der Waals surface area contributed by atoms with E-state index in [4.69, 9.17) is 0 Å². The smallest absolute Gasteiger partial charge is 0.159 e. The van der Waals surface area contributed by atoms with Crippen molar-refractivity contribution in [3.05, 3.63) is 41.9 Å². The van der Waals surface area contributed by atoms with E-state index in [1.807, 2.05) is 10.6 Å². The molecule has 4 nitrogen and oxygen atoms in total. The Morgan fingerprint density at radius 1 is 1.38 bits per heavy atom. The highest BCUT2D eigenvalue weighted by atomic mass is 16.3. The van der Waals surface area contributed by atoms with Gasteiger partial charge in [0.25, 0.3) is 0 Å². The van der Waals surface area contributed by atoms with Crippen molar-refractivity contribution in [2.45, 2.75) is 13.8 Å². The zero-order valence-electron chi connectivity index (χ0n) is 9.14. The Labute approximate surface area is 92.9 Å². The summed E-state index contributed by atoms with van der Waals surface area (Å²) in [6.07, 6.45) is 5.29. The van der Waals surface area contributed by atoms with Gasteiger partial charge in [-0.05, 0) is 26.0 Å². The van der Waals surface area contributed by atoms with E-state index < -0.39 is 0 Å². The third-order valence-corrected chi connectivity index (χ3v) is 2.55. The van der Waals surface area contributed by atoms with Gasteiger partial charge in [-0.2, -0.15) is 0 Å². The van der Waals surface area contributed by atoms with E-state index in [2.05, 4.69) is 4.98 Å². The molecule has 0 bridgehead atoms. The van der Waals surface area contributed by atoms with Crippen molar-refractivity contribution in [2.24, 2.45) is 0 Å². The summed E-state index contributed by atoms with van der Waals surface area (Å²) in [6, 6.07) is 3.48. The Hall–Kier alpha value is -2.10. The number of aromatic nitrogens is 2. The summed E-state index contributed by atoms with van der Waals surface area (Å²) in [5.74, 6) is -0.126. The first-order chi connectivity index (χ1) is 7.59. The van der Waals surface area contributed by atoms with Gasteiger partial charge < -0.3 is 9.51 Å². The molecule has 1 N–H and O–H groups in total. The summed E-state index contributed by atoms with van der Waals surface area (Å²) in [6.45, 7) is 3.03. The minimum atomic E-state index is -0.138. The Balaban J connectivity index is 2.55. The molecule has 0 fully saturated rings. The number of allylic oxidation sites excluding steroid dienone is 1. The lowest BCUT2D eigenvalue weighted by atomic mass is 10.1. The number of carbonyl (C=O) groups excluding carboxylic acids is 1. The molecule has 0 saturated carbocycles. The minimum absolute atomic E-state index is 0.0120. The van der Waals surface area contributed by atoms with E-state index in [1.54, 1.807) is 31.5 Å². The molecule has 0 saturated heterocycles. The quantitative estimate of drug-likeness (QED) is 0.618. The lowest BCUT2D eigenvalue weighted by Gasteiger charge is -2.04. The zero-order valence-corrected chi connectivity index (χ0v) is 9.14. The number of hydrogen-bond acceptors (Lipinski definition) is 3. The second-order valence-corrected chi connectivity index (χ2v) is 3.64. The maximum Gasteiger partial charge on any atom is 0.159 e. The van der Waals surface area contributed by atoms with Gasteiger partial charge in [0.2, 0.25) is 0 Å². The van der Waals surface area contributed by atoms with Crippen molar-refractivity contribution < 1.29 is 9.90 Å². The van der Waals surface area contributed by atoms with Crippen molar-refractivity contribution in [3.8, 4) is 0 Å². The largest absolute Gasteiger partial charge is 0.507 e. The lowest BCUT2D eigenvalue weighted by Crippen LogP contribution is -1.98. The Morgan fingerprint density at radius 3 is 2.81 bits per heavy atom.